The molecule has 0 atom stereocenters. The van der Waals surface area contributed by atoms with Crippen LogP contribution in [-0.2, 0) is 24.4 Å². The first kappa shape index (κ1) is 18.4. The second kappa shape index (κ2) is 7.45. The van der Waals surface area contributed by atoms with E-state index >= 15 is 0 Å². The molecule has 1 amide bonds. The number of nitrogens with zero attached hydrogens (tertiary/aromatic N) is 5. The van der Waals surface area contributed by atoms with Gasteiger partial charge in [0.2, 0.25) is 0 Å². The normalized spacial score (nSPS) is 19.4. The summed E-state index contributed by atoms with van der Waals surface area (Å²) in [5.41, 5.74) is -0.449. The number of rotatable bonds is 2. The number of ether oxygens (including phenoxy) is 1. The van der Waals surface area contributed by atoms with Crippen molar-refractivity contribution < 1.29 is 9.53 Å². The van der Waals surface area contributed by atoms with Crippen LogP contribution in [0.5, 0.6) is 0 Å². The highest BCUT2D eigenvalue weighted by Crippen LogP contribution is 2.15. The summed E-state index contributed by atoms with van der Waals surface area (Å²) in [7, 11) is 0. The SMILES string of the molecule is CC(C)(C)OC(=O)N1CCN(Cn2nc3n(c2=S)CCCCC3)CC1. The predicted octanol–water partition coefficient (Wildman–Crippen LogP) is 2.65. The summed E-state index contributed by atoms with van der Waals surface area (Å²) in [6, 6.07) is 0. The van der Waals surface area contributed by atoms with Gasteiger partial charge in [-0.25, -0.2) is 9.48 Å². The van der Waals surface area contributed by atoms with Gasteiger partial charge in [-0.2, -0.15) is 5.10 Å². The van der Waals surface area contributed by atoms with Crippen LogP contribution in [0, 0.1) is 4.77 Å². The predicted molar refractivity (Wildman–Crippen MR) is 98.0 cm³/mol. The van der Waals surface area contributed by atoms with Gasteiger partial charge in [0.1, 0.15) is 11.4 Å². The van der Waals surface area contributed by atoms with Crippen LogP contribution in [0.2, 0.25) is 0 Å². The lowest BCUT2D eigenvalue weighted by atomic mass is 10.2. The Balaban J connectivity index is 1.56. The van der Waals surface area contributed by atoms with Gasteiger partial charge in [-0.3, -0.25) is 4.90 Å². The van der Waals surface area contributed by atoms with E-state index in [-0.39, 0.29) is 6.09 Å². The highest BCUT2D eigenvalue weighted by molar-refractivity contribution is 7.71. The Morgan fingerprint density at radius 2 is 1.84 bits per heavy atom. The molecular weight excluding hydrogens is 338 g/mol. The Labute approximate surface area is 154 Å². The van der Waals surface area contributed by atoms with Crippen LogP contribution in [0.4, 0.5) is 4.79 Å². The summed E-state index contributed by atoms with van der Waals surface area (Å²) in [6.45, 7) is 10.3. The molecule has 1 saturated heterocycles. The molecule has 0 N–H and O–H groups in total. The number of aromatic nitrogens is 3. The number of carbonyl (C=O) groups is 1. The number of amides is 1. The Kier molecular flexibility index (Phi) is 5.48. The second-order valence-corrected chi connectivity index (χ2v) is 8.25. The average molecular weight is 368 g/mol. The van der Waals surface area contributed by atoms with Crippen molar-refractivity contribution in [2.45, 2.75) is 65.3 Å². The molecule has 1 aromatic heterocycles. The molecule has 0 spiro atoms. The minimum absolute atomic E-state index is 0.225. The zero-order valence-corrected chi connectivity index (χ0v) is 16.3. The Morgan fingerprint density at radius 1 is 1.12 bits per heavy atom. The molecule has 1 fully saturated rings. The van der Waals surface area contributed by atoms with Gasteiger partial charge in [0.15, 0.2) is 4.77 Å². The molecule has 0 aliphatic carbocycles. The van der Waals surface area contributed by atoms with E-state index in [0.717, 1.165) is 36.7 Å². The Morgan fingerprint density at radius 3 is 2.52 bits per heavy atom. The molecule has 0 saturated carbocycles. The summed E-state index contributed by atoms with van der Waals surface area (Å²) in [4.78, 5) is 16.2. The summed E-state index contributed by atoms with van der Waals surface area (Å²) in [6.07, 6.45) is 4.42. The first-order valence-electron chi connectivity index (χ1n) is 9.20. The molecule has 7 nitrogen and oxygen atoms in total. The molecule has 0 radical (unpaired) electrons. The topological polar surface area (TPSA) is 55.5 Å². The van der Waals surface area contributed by atoms with E-state index in [1.165, 1.54) is 19.3 Å². The fourth-order valence-electron chi connectivity index (χ4n) is 3.31. The van der Waals surface area contributed by atoms with Crippen LogP contribution in [0.3, 0.4) is 0 Å². The molecule has 3 rings (SSSR count). The molecule has 8 heteroatoms. The van der Waals surface area contributed by atoms with Crippen molar-refractivity contribution in [1.82, 2.24) is 24.1 Å². The quantitative estimate of drug-likeness (QED) is 0.752. The monoisotopic (exact) mass is 367 g/mol. The van der Waals surface area contributed by atoms with Gasteiger partial charge in [0.25, 0.3) is 0 Å². The lowest BCUT2D eigenvalue weighted by molar-refractivity contribution is 0.0113. The fraction of sp³-hybridized carbons (Fsp3) is 0.824. The van der Waals surface area contributed by atoms with Gasteiger partial charge in [-0.05, 0) is 45.8 Å². The van der Waals surface area contributed by atoms with Gasteiger partial charge < -0.3 is 14.2 Å². The van der Waals surface area contributed by atoms with Crippen LogP contribution < -0.4 is 0 Å². The summed E-state index contributed by atoms with van der Waals surface area (Å²) < 4.78 is 10.4. The van der Waals surface area contributed by atoms with Gasteiger partial charge in [0, 0.05) is 39.1 Å². The first-order valence-corrected chi connectivity index (χ1v) is 9.61. The highest BCUT2D eigenvalue weighted by atomic mass is 32.1. The van der Waals surface area contributed by atoms with Crippen LogP contribution in [-0.4, -0.2) is 62.0 Å². The molecule has 3 heterocycles. The number of aryl methyl sites for hydroxylation is 1. The van der Waals surface area contributed by atoms with Crippen molar-refractivity contribution in [1.29, 1.82) is 0 Å². The molecule has 0 aromatic carbocycles. The summed E-state index contributed by atoms with van der Waals surface area (Å²) in [5.74, 6) is 1.12. The number of hydrogen-bond acceptors (Lipinski definition) is 5. The van der Waals surface area contributed by atoms with E-state index in [2.05, 4.69) is 9.47 Å². The average Bonchev–Trinajstić information content (AvgIpc) is 2.72. The highest BCUT2D eigenvalue weighted by Gasteiger charge is 2.26. The Hall–Kier alpha value is -1.41. The van der Waals surface area contributed by atoms with E-state index in [0.29, 0.717) is 19.8 Å². The lowest BCUT2D eigenvalue weighted by Gasteiger charge is -2.35. The Bertz CT molecular complexity index is 668. The molecule has 2 aliphatic heterocycles. The third-order valence-electron chi connectivity index (χ3n) is 4.64. The van der Waals surface area contributed by atoms with Gasteiger partial charge in [-0.1, -0.05) is 6.42 Å². The minimum atomic E-state index is -0.449. The maximum atomic E-state index is 12.1. The molecule has 2 aliphatic rings. The second-order valence-electron chi connectivity index (χ2n) is 7.89. The van der Waals surface area contributed by atoms with E-state index in [4.69, 9.17) is 22.1 Å². The van der Waals surface area contributed by atoms with Crippen LogP contribution in [0.25, 0.3) is 0 Å². The van der Waals surface area contributed by atoms with Crippen molar-refractivity contribution >= 4 is 18.3 Å². The van der Waals surface area contributed by atoms with E-state index < -0.39 is 5.60 Å². The maximum absolute atomic E-state index is 12.1. The summed E-state index contributed by atoms with van der Waals surface area (Å²) >= 11 is 5.62. The fourth-order valence-corrected chi connectivity index (χ4v) is 3.60. The van der Waals surface area contributed by atoms with E-state index in [1.54, 1.807) is 4.90 Å². The number of carbonyl (C=O) groups excluding carboxylic acids is 1. The number of piperazine rings is 1. The van der Waals surface area contributed by atoms with Gasteiger partial charge in [-0.15, -0.1) is 0 Å². The van der Waals surface area contributed by atoms with Crippen LogP contribution in [0.1, 0.15) is 45.9 Å². The largest absolute Gasteiger partial charge is 0.444 e. The van der Waals surface area contributed by atoms with Crippen molar-refractivity contribution in [3.05, 3.63) is 10.6 Å². The van der Waals surface area contributed by atoms with Gasteiger partial charge >= 0.3 is 6.09 Å². The molecule has 1 aromatic rings. The standard InChI is InChI=1S/C17H29N5O2S/c1-17(2,3)24-16(23)20-11-9-19(10-12-20)13-22-15(25)21-8-6-4-5-7-14(21)18-22/h4-13H2,1-3H3. The van der Waals surface area contributed by atoms with Crippen molar-refractivity contribution in [2.75, 3.05) is 26.2 Å². The van der Waals surface area contributed by atoms with Gasteiger partial charge in [0.05, 0.1) is 6.67 Å². The molecule has 25 heavy (non-hydrogen) atoms. The molecule has 0 unspecified atom stereocenters. The zero-order valence-electron chi connectivity index (χ0n) is 15.5. The molecule has 140 valence electrons. The van der Waals surface area contributed by atoms with Crippen LogP contribution >= 0.6 is 12.2 Å². The number of fused-ring (bicyclic) bond motifs is 1. The maximum Gasteiger partial charge on any atom is 0.410 e. The third kappa shape index (κ3) is 4.61. The van der Waals surface area contributed by atoms with Crippen molar-refractivity contribution in [3.8, 4) is 0 Å². The lowest BCUT2D eigenvalue weighted by Crippen LogP contribution is -2.50. The number of hydrogen-bond donors (Lipinski definition) is 0. The first-order chi connectivity index (χ1) is 11.8. The zero-order chi connectivity index (χ0) is 18.0. The van der Waals surface area contributed by atoms with Crippen molar-refractivity contribution in [2.24, 2.45) is 0 Å². The van der Waals surface area contributed by atoms with E-state index in [9.17, 15) is 4.79 Å². The smallest absolute Gasteiger partial charge is 0.410 e. The minimum Gasteiger partial charge on any atom is -0.444 e. The summed E-state index contributed by atoms with van der Waals surface area (Å²) in [5, 5.41) is 4.74. The third-order valence-corrected chi connectivity index (χ3v) is 5.07. The van der Waals surface area contributed by atoms with Crippen molar-refractivity contribution in [3.63, 3.8) is 0 Å². The van der Waals surface area contributed by atoms with Crippen LogP contribution in [0.15, 0.2) is 0 Å². The molecule has 0 bridgehead atoms. The van der Waals surface area contributed by atoms with E-state index in [1.807, 2.05) is 25.5 Å². The molecular formula is C17H29N5O2S.